The number of benzene rings is 3. The van der Waals surface area contributed by atoms with E-state index in [1.54, 1.807) is 10.6 Å². The predicted octanol–water partition coefficient (Wildman–Crippen LogP) is 4.98. The number of carbonyl (C=O) groups is 1. The maximum atomic E-state index is 13.3. The molecule has 6 heteroatoms. The summed E-state index contributed by atoms with van der Waals surface area (Å²) >= 11 is 1.29. The Labute approximate surface area is 196 Å². The molecule has 5 rings (SSSR count). The zero-order valence-corrected chi connectivity index (χ0v) is 19.3. The first-order chi connectivity index (χ1) is 16.1. The van der Waals surface area contributed by atoms with E-state index in [1.807, 2.05) is 55.5 Å². The quantitative estimate of drug-likeness (QED) is 0.341. The highest BCUT2D eigenvalue weighted by Crippen LogP contribution is 2.30. The van der Waals surface area contributed by atoms with Crippen LogP contribution in [0.5, 0.6) is 0 Å². The number of amides is 1. The van der Waals surface area contributed by atoms with Gasteiger partial charge in [-0.3, -0.25) is 14.2 Å². The Morgan fingerprint density at radius 3 is 2.67 bits per heavy atom. The number of hydrogen-bond donors (Lipinski definition) is 1. The summed E-state index contributed by atoms with van der Waals surface area (Å²) in [6.07, 6.45) is 3.06. The maximum absolute atomic E-state index is 13.3. The van der Waals surface area contributed by atoms with Crippen LogP contribution in [0.25, 0.3) is 16.6 Å². The highest BCUT2D eigenvalue weighted by Gasteiger charge is 2.22. The van der Waals surface area contributed by atoms with Crippen LogP contribution in [0.15, 0.2) is 82.7 Å². The summed E-state index contributed by atoms with van der Waals surface area (Å²) in [6, 6.07) is 23.5. The van der Waals surface area contributed by atoms with Crippen LogP contribution in [0.4, 0.5) is 0 Å². The lowest BCUT2D eigenvalue weighted by Crippen LogP contribution is -2.32. The van der Waals surface area contributed by atoms with Crippen LogP contribution in [-0.4, -0.2) is 21.2 Å². The van der Waals surface area contributed by atoms with Gasteiger partial charge in [-0.05, 0) is 61.6 Å². The molecule has 4 aromatic rings. The number of nitrogens with zero attached hydrogens (tertiary/aromatic N) is 2. The van der Waals surface area contributed by atoms with Crippen molar-refractivity contribution in [2.24, 2.45) is 0 Å². The Morgan fingerprint density at radius 1 is 1.06 bits per heavy atom. The van der Waals surface area contributed by atoms with Crippen molar-refractivity contribution < 1.29 is 4.79 Å². The molecule has 166 valence electrons. The zero-order valence-electron chi connectivity index (χ0n) is 18.5. The fourth-order valence-corrected chi connectivity index (χ4v) is 5.22. The van der Waals surface area contributed by atoms with Gasteiger partial charge in [-0.2, -0.15) is 0 Å². The van der Waals surface area contributed by atoms with E-state index >= 15 is 0 Å². The van der Waals surface area contributed by atoms with E-state index in [0.29, 0.717) is 16.1 Å². The van der Waals surface area contributed by atoms with Crippen LogP contribution in [0.2, 0.25) is 0 Å². The lowest BCUT2D eigenvalue weighted by atomic mass is 9.88. The van der Waals surface area contributed by atoms with Crippen LogP contribution >= 0.6 is 11.8 Å². The molecular weight excluding hydrogens is 430 g/mol. The average Bonchev–Trinajstić information content (AvgIpc) is 2.84. The van der Waals surface area contributed by atoms with Crippen LogP contribution in [0.3, 0.4) is 0 Å². The Kier molecular flexibility index (Phi) is 6.01. The molecule has 0 unspecified atom stereocenters. The second-order valence-electron chi connectivity index (χ2n) is 8.39. The Morgan fingerprint density at radius 2 is 1.82 bits per heavy atom. The molecule has 0 spiro atoms. The average molecular weight is 456 g/mol. The summed E-state index contributed by atoms with van der Waals surface area (Å²) in [5, 5.41) is 4.27. The molecule has 33 heavy (non-hydrogen) atoms. The summed E-state index contributed by atoms with van der Waals surface area (Å²) in [5.41, 5.74) is 4.88. The van der Waals surface area contributed by atoms with Gasteiger partial charge in [0, 0.05) is 0 Å². The largest absolute Gasteiger partial charge is 0.349 e. The fourth-order valence-electron chi connectivity index (χ4n) is 4.40. The molecule has 0 saturated carbocycles. The molecule has 1 aromatic heterocycles. The molecule has 1 atom stereocenters. The van der Waals surface area contributed by atoms with Gasteiger partial charge in [-0.15, -0.1) is 0 Å². The van der Waals surface area contributed by atoms with Crippen LogP contribution in [-0.2, 0) is 11.2 Å². The van der Waals surface area contributed by atoms with Gasteiger partial charge in [-0.1, -0.05) is 65.9 Å². The van der Waals surface area contributed by atoms with E-state index in [9.17, 15) is 9.59 Å². The molecule has 0 bridgehead atoms. The summed E-state index contributed by atoms with van der Waals surface area (Å²) in [7, 11) is 0. The van der Waals surface area contributed by atoms with E-state index < -0.39 is 0 Å². The van der Waals surface area contributed by atoms with E-state index in [4.69, 9.17) is 4.98 Å². The summed E-state index contributed by atoms with van der Waals surface area (Å²) in [5.74, 6) is 0.134. The number of thioether (sulfide) groups is 1. The molecule has 0 radical (unpaired) electrons. The van der Waals surface area contributed by atoms with E-state index in [1.165, 1.54) is 22.9 Å². The maximum Gasteiger partial charge on any atom is 0.266 e. The number of nitrogens with one attached hydrogen (secondary N) is 1. The van der Waals surface area contributed by atoms with Crippen LogP contribution in [0.1, 0.15) is 35.6 Å². The summed E-state index contributed by atoms with van der Waals surface area (Å²) in [6.45, 7) is 2.01. The minimum atomic E-state index is -0.131. The van der Waals surface area contributed by atoms with Crippen molar-refractivity contribution in [3.8, 4) is 5.69 Å². The van der Waals surface area contributed by atoms with Crippen molar-refractivity contribution in [2.75, 3.05) is 5.75 Å². The number of para-hydroxylation sites is 1. The molecule has 0 aliphatic heterocycles. The zero-order chi connectivity index (χ0) is 22.8. The smallest absolute Gasteiger partial charge is 0.266 e. The third-order valence-corrected chi connectivity index (χ3v) is 7.01. The van der Waals surface area contributed by atoms with E-state index in [2.05, 4.69) is 23.5 Å². The number of aryl methyl sites for hydroxylation is 2. The molecular formula is C27H25N3O2S. The standard InChI is InChI=1S/C27H25N3O2S/c1-18-13-15-20(16-14-18)30-26(32)22-10-4-5-11-24(22)29-27(30)33-17-25(31)28-23-12-6-8-19-7-2-3-9-21(19)23/h2-5,7,9-11,13-16,23H,6,8,12,17H2,1H3,(H,28,31)/t23-/m1/s1. The van der Waals surface area contributed by atoms with E-state index in [-0.39, 0.29) is 23.3 Å². The SMILES string of the molecule is Cc1ccc(-n2c(SCC(=O)N[C@@H]3CCCc4ccccc43)nc3ccccc3c2=O)cc1. The first kappa shape index (κ1) is 21.5. The van der Waals surface area contributed by atoms with Crippen LogP contribution in [0, 0.1) is 6.92 Å². The lowest BCUT2D eigenvalue weighted by molar-refractivity contribution is -0.119. The number of aromatic nitrogens is 2. The topological polar surface area (TPSA) is 64.0 Å². The van der Waals surface area contributed by atoms with Gasteiger partial charge in [0.1, 0.15) is 0 Å². The van der Waals surface area contributed by atoms with Gasteiger partial charge in [0.2, 0.25) is 5.91 Å². The molecule has 1 N–H and O–H groups in total. The second-order valence-corrected chi connectivity index (χ2v) is 9.33. The third kappa shape index (κ3) is 4.44. The molecule has 5 nitrogen and oxygen atoms in total. The molecule has 1 amide bonds. The highest BCUT2D eigenvalue weighted by molar-refractivity contribution is 7.99. The van der Waals surface area contributed by atoms with Crippen molar-refractivity contribution in [2.45, 2.75) is 37.4 Å². The Hall–Kier alpha value is -3.38. The normalized spacial score (nSPS) is 15.2. The van der Waals surface area contributed by atoms with Crippen LogP contribution < -0.4 is 10.9 Å². The van der Waals surface area contributed by atoms with Crippen molar-refractivity contribution in [3.05, 3.63) is 99.8 Å². The molecule has 1 heterocycles. The lowest BCUT2D eigenvalue weighted by Gasteiger charge is -2.26. The van der Waals surface area contributed by atoms with Gasteiger partial charge in [-0.25, -0.2) is 4.98 Å². The van der Waals surface area contributed by atoms with Crippen molar-refractivity contribution in [3.63, 3.8) is 0 Å². The van der Waals surface area contributed by atoms with Crippen molar-refractivity contribution >= 4 is 28.6 Å². The monoisotopic (exact) mass is 455 g/mol. The molecule has 3 aromatic carbocycles. The number of carbonyl (C=O) groups excluding carboxylic acids is 1. The Balaban J connectivity index is 1.42. The van der Waals surface area contributed by atoms with Gasteiger partial charge in [0.15, 0.2) is 5.16 Å². The van der Waals surface area contributed by atoms with Crippen molar-refractivity contribution in [1.82, 2.24) is 14.9 Å². The molecule has 0 fully saturated rings. The number of fused-ring (bicyclic) bond motifs is 2. The number of rotatable bonds is 5. The summed E-state index contributed by atoms with van der Waals surface area (Å²) < 4.78 is 1.61. The highest BCUT2D eigenvalue weighted by atomic mass is 32.2. The first-order valence-corrected chi connectivity index (χ1v) is 12.2. The predicted molar refractivity (Wildman–Crippen MR) is 133 cm³/mol. The second kappa shape index (κ2) is 9.24. The minimum absolute atomic E-state index is 0.0342. The fraction of sp³-hybridized carbons (Fsp3) is 0.222. The molecule has 0 saturated heterocycles. The Bertz CT molecular complexity index is 1380. The molecule has 1 aliphatic carbocycles. The third-order valence-electron chi connectivity index (χ3n) is 6.07. The first-order valence-electron chi connectivity index (χ1n) is 11.2. The molecule has 1 aliphatic rings. The van der Waals surface area contributed by atoms with Gasteiger partial charge < -0.3 is 5.32 Å². The van der Waals surface area contributed by atoms with Gasteiger partial charge >= 0.3 is 0 Å². The van der Waals surface area contributed by atoms with Crippen molar-refractivity contribution in [1.29, 1.82) is 0 Å². The summed E-state index contributed by atoms with van der Waals surface area (Å²) in [4.78, 5) is 31.0. The van der Waals surface area contributed by atoms with Gasteiger partial charge in [0.25, 0.3) is 5.56 Å². The number of hydrogen-bond acceptors (Lipinski definition) is 4. The van der Waals surface area contributed by atoms with Gasteiger partial charge in [0.05, 0.1) is 28.4 Å². The minimum Gasteiger partial charge on any atom is -0.349 e. The van der Waals surface area contributed by atoms with E-state index in [0.717, 1.165) is 30.5 Å².